The van der Waals surface area contributed by atoms with Crippen molar-refractivity contribution in [1.82, 2.24) is 0 Å². The first-order valence-corrected chi connectivity index (χ1v) is 6.85. The molecule has 0 saturated carbocycles. The van der Waals surface area contributed by atoms with Crippen molar-refractivity contribution in [3.8, 4) is 5.75 Å². The van der Waals surface area contributed by atoms with E-state index in [4.69, 9.17) is 4.74 Å². The number of benzene rings is 2. The molecule has 0 aliphatic rings. The zero-order chi connectivity index (χ0) is 14.8. The van der Waals surface area contributed by atoms with Crippen molar-refractivity contribution in [2.24, 2.45) is 0 Å². The summed E-state index contributed by atoms with van der Waals surface area (Å²) in [6.45, 7) is 6.01. The van der Waals surface area contributed by atoms with Crippen LogP contribution < -0.4 is 4.74 Å². The van der Waals surface area contributed by atoms with Gasteiger partial charge in [-0.25, -0.2) is 0 Å². The second kappa shape index (κ2) is 5.68. The highest BCUT2D eigenvalue weighted by Crippen LogP contribution is 2.28. The van der Waals surface area contributed by atoms with Gasteiger partial charge in [-0.2, -0.15) is 0 Å². The van der Waals surface area contributed by atoms with Crippen molar-refractivity contribution < 1.29 is 9.84 Å². The van der Waals surface area contributed by atoms with Crippen LogP contribution in [0.15, 0.2) is 42.5 Å². The third-order valence-electron chi connectivity index (χ3n) is 3.52. The Morgan fingerprint density at radius 1 is 1.05 bits per heavy atom. The van der Waals surface area contributed by atoms with E-state index < -0.39 is 5.60 Å². The van der Waals surface area contributed by atoms with E-state index >= 15 is 0 Å². The van der Waals surface area contributed by atoms with Crippen LogP contribution in [0.4, 0.5) is 0 Å². The normalized spacial score (nSPS) is 13.8. The van der Waals surface area contributed by atoms with Gasteiger partial charge in [0.2, 0.25) is 0 Å². The van der Waals surface area contributed by atoms with Crippen LogP contribution in [0.3, 0.4) is 0 Å². The molecule has 1 atom stereocenters. The monoisotopic (exact) mass is 270 g/mol. The predicted octanol–water partition coefficient (Wildman–Crippen LogP) is 3.76. The van der Waals surface area contributed by atoms with Crippen molar-refractivity contribution in [3.63, 3.8) is 0 Å². The van der Waals surface area contributed by atoms with Gasteiger partial charge in [0.05, 0.1) is 12.7 Å². The molecule has 2 aromatic rings. The van der Waals surface area contributed by atoms with Crippen LogP contribution >= 0.6 is 0 Å². The molecule has 0 aliphatic heterocycles. The summed E-state index contributed by atoms with van der Waals surface area (Å²) in [5, 5.41) is 10.8. The van der Waals surface area contributed by atoms with Gasteiger partial charge in [-0.3, -0.25) is 0 Å². The molecule has 0 saturated heterocycles. The molecule has 20 heavy (non-hydrogen) atoms. The third kappa shape index (κ3) is 3.40. The number of hydrogen-bond acceptors (Lipinski definition) is 2. The average Bonchev–Trinajstić information content (AvgIpc) is 2.37. The number of hydrogen-bond donors (Lipinski definition) is 1. The zero-order valence-corrected chi connectivity index (χ0v) is 12.6. The molecule has 0 aliphatic carbocycles. The zero-order valence-electron chi connectivity index (χ0n) is 12.6. The first kappa shape index (κ1) is 14.6. The summed E-state index contributed by atoms with van der Waals surface area (Å²) < 4.78 is 5.23. The molecule has 0 amide bonds. The Labute approximate surface area is 121 Å². The lowest BCUT2D eigenvalue weighted by atomic mass is 9.88. The van der Waals surface area contributed by atoms with Gasteiger partial charge in [0.15, 0.2) is 0 Å². The van der Waals surface area contributed by atoms with Gasteiger partial charge in [0.25, 0.3) is 0 Å². The molecule has 2 rings (SSSR count). The van der Waals surface area contributed by atoms with Crippen LogP contribution in [0.1, 0.15) is 29.2 Å². The summed E-state index contributed by atoms with van der Waals surface area (Å²) in [4.78, 5) is 0. The molecule has 0 aromatic heterocycles. The Morgan fingerprint density at radius 3 is 2.30 bits per heavy atom. The van der Waals surface area contributed by atoms with Gasteiger partial charge in [0.1, 0.15) is 5.75 Å². The summed E-state index contributed by atoms with van der Waals surface area (Å²) in [5.41, 5.74) is 3.56. The Hall–Kier alpha value is -1.80. The van der Waals surface area contributed by atoms with Crippen LogP contribution in [0.5, 0.6) is 5.75 Å². The van der Waals surface area contributed by atoms with Gasteiger partial charge in [-0.1, -0.05) is 41.5 Å². The Morgan fingerprint density at radius 2 is 1.70 bits per heavy atom. The first-order chi connectivity index (χ1) is 9.40. The fourth-order valence-corrected chi connectivity index (χ4v) is 2.63. The van der Waals surface area contributed by atoms with Gasteiger partial charge in [0, 0.05) is 6.42 Å². The minimum absolute atomic E-state index is 0.586. The van der Waals surface area contributed by atoms with E-state index in [0.717, 1.165) is 16.9 Å². The lowest BCUT2D eigenvalue weighted by Crippen LogP contribution is -2.24. The number of aryl methyl sites for hydroxylation is 2. The standard InChI is InChI=1S/C18H22O2/c1-13-8-14(2)10-15(9-13)12-18(3,19)16-6-5-7-17(11-16)20-4/h5-11,19H,12H2,1-4H3. The molecule has 2 aromatic carbocycles. The minimum atomic E-state index is -0.908. The van der Waals surface area contributed by atoms with Crippen molar-refractivity contribution in [2.45, 2.75) is 32.8 Å². The van der Waals surface area contributed by atoms with E-state index in [1.165, 1.54) is 11.1 Å². The summed E-state index contributed by atoms with van der Waals surface area (Å²) in [6, 6.07) is 14.0. The molecule has 0 radical (unpaired) electrons. The molecular weight excluding hydrogens is 248 g/mol. The van der Waals surface area contributed by atoms with E-state index in [2.05, 4.69) is 32.0 Å². The molecule has 106 valence electrons. The maximum absolute atomic E-state index is 10.8. The van der Waals surface area contributed by atoms with Crippen LogP contribution in [0.25, 0.3) is 0 Å². The fourth-order valence-electron chi connectivity index (χ4n) is 2.63. The van der Waals surface area contributed by atoms with E-state index in [1.54, 1.807) is 7.11 Å². The molecule has 2 heteroatoms. The number of rotatable bonds is 4. The molecule has 0 fully saturated rings. The Balaban J connectivity index is 2.29. The second-order valence-electron chi connectivity index (χ2n) is 5.68. The highest BCUT2D eigenvalue weighted by molar-refractivity contribution is 5.35. The summed E-state index contributed by atoms with van der Waals surface area (Å²) in [6.07, 6.45) is 0.586. The Bertz CT molecular complexity index is 580. The predicted molar refractivity (Wildman–Crippen MR) is 82.2 cm³/mol. The van der Waals surface area contributed by atoms with Crippen molar-refractivity contribution in [2.75, 3.05) is 7.11 Å². The van der Waals surface area contributed by atoms with Gasteiger partial charge in [-0.15, -0.1) is 0 Å². The van der Waals surface area contributed by atoms with E-state index in [9.17, 15) is 5.11 Å². The molecule has 0 bridgehead atoms. The van der Waals surface area contributed by atoms with Crippen molar-refractivity contribution in [3.05, 3.63) is 64.7 Å². The smallest absolute Gasteiger partial charge is 0.119 e. The first-order valence-electron chi connectivity index (χ1n) is 6.85. The molecule has 2 nitrogen and oxygen atoms in total. The fraction of sp³-hybridized carbons (Fsp3) is 0.333. The van der Waals surface area contributed by atoms with Gasteiger partial charge < -0.3 is 9.84 Å². The summed E-state index contributed by atoms with van der Waals surface area (Å²) in [5.74, 6) is 0.767. The lowest BCUT2D eigenvalue weighted by molar-refractivity contribution is 0.0574. The maximum Gasteiger partial charge on any atom is 0.119 e. The van der Waals surface area contributed by atoms with Crippen LogP contribution in [0.2, 0.25) is 0 Å². The highest BCUT2D eigenvalue weighted by atomic mass is 16.5. The van der Waals surface area contributed by atoms with Gasteiger partial charge >= 0.3 is 0 Å². The molecule has 0 heterocycles. The second-order valence-corrected chi connectivity index (χ2v) is 5.68. The number of methoxy groups -OCH3 is 1. The number of ether oxygens (including phenoxy) is 1. The largest absolute Gasteiger partial charge is 0.497 e. The van der Waals surface area contributed by atoms with Crippen LogP contribution in [0, 0.1) is 13.8 Å². The average molecular weight is 270 g/mol. The maximum atomic E-state index is 10.8. The number of aliphatic hydroxyl groups is 1. The molecule has 1 unspecified atom stereocenters. The summed E-state index contributed by atoms with van der Waals surface area (Å²) in [7, 11) is 1.64. The van der Waals surface area contributed by atoms with Crippen LogP contribution in [-0.2, 0) is 12.0 Å². The highest BCUT2D eigenvalue weighted by Gasteiger charge is 2.24. The van der Waals surface area contributed by atoms with Crippen molar-refractivity contribution >= 4 is 0 Å². The van der Waals surface area contributed by atoms with Crippen LogP contribution in [-0.4, -0.2) is 12.2 Å². The van der Waals surface area contributed by atoms with Gasteiger partial charge in [-0.05, 0) is 44.0 Å². The quantitative estimate of drug-likeness (QED) is 0.916. The van der Waals surface area contributed by atoms with E-state index in [0.29, 0.717) is 6.42 Å². The minimum Gasteiger partial charge on any atom is -0.497 e. The lowest BCUT2D eigenvalue weighted by Gasteiger charge is -2.25. The van der Waals surface area contributed by atoms with E-state index in [1.807, 2.05) is 31.2 Å². The molecule has 0 spiro atoms. The van der Waals surface area contributed by atoms with E-state index in [-0.39, 0.29) is 0 Å². The SMILES string of the molecule is COc1cccc(C(C)(O)Cc2cc(C)cc(C)c2)c1. The molecule has 1 N–H and O–H groups in total. The summed E-state index contributed by atoms with van der Waals surface area (Å²) >= 11 is 0. The topological polar surface area (TPSA) is 29.5 Å². The van der Waals surface area contributed by atoms with Crippen molar-refractivity contribution in [1.29, 1.82) is 0 Å². The molecular formula is C18H22O2. The Kier molecular flexibility index (Phi) is 4.15. The third-order valence-corrected chi connectivity index (χ3v) is 3.52.